The Morgan fingerprint density at radius 1 is 1.24 bits per heavy atom. The van der Waals surface area contributed by atoms with Crippen molar-refractivity contribution in [2.45, 2.75) is 18.2 Å². The van der Waals surface area contributed by atoms with Gasteiger partial charge in [-0.25, -0.2) is 9.37 Å². The van der Waals surface area contributed by atoms with Crippen LogP contribution in [0, 0.1) is 12.7 Å². The first-order valence-corrected chi connectivity index (χ1v) is 12.8. The van der Waals surface area contributed by atoms with E-state index in [0.717, 1.165) is 59.9 Å². The molecule has 0 N–H and O–H groups in total. The summed E-state index contributed by atoms with van der Waals surface area (Å²) in [6.07, 6.45) is 0.846. The molecule has 1 aliphatic rings. The zero-order valence-corrected chi connectivity index (χ0v) is 20.5. The van der Waals surface area contributed by atoms with Gasteiger partial charge in [-0.1, -0.05) is 17.4 Å². The molecule has 0 atom stereocenters. The first kappa shape index (κ1) is 23.9. The van der Waals surface area contributed by atoms with Gasteiger partial charge in [0.05, 0.1) is 30.8 Å². The van der Waals surface area contributed by atoms with Crippen molar-refractivity contribution < 1.29 is 18.7 Å². The molecule has 176 valence electrons. The van der Waals surface area contributed by atoms with Gasteiger partial charge < -0.3 is 9.47 Å². The predicted octanol–water partition coefficient (Wildman–Crippen LogP) is 4.60. The molecule has 3 aromatic rings. The van der Waals surface area contributed by atoms with Crippen LogP contribution in [0.15, 0.2) is 41.3 Å². The fraction of sp³-hybridized carbons (Fsp3) is 0.417. The Labute approximate surface area is 201 Å². The SMILES string of the molecule is COc1ccc(C)c2sc(N(CCCN3CCOCC3)C(=O)CSc3ccc(F)cc3)nc12. The van der Waals surface area contributed by atoms with Gasteiger partial charge in [0.25, 0.3) is 0 Å². The number of aromatic nitrogens is 1. The van der Waals surface area contributed by atoms with Crippen molar-refractivity contribution in [2.24, 2.45) is 0 Å². The molecule has 2 heterocycles. The number of fused-ring (bicyclic) bond motifs is 1. The maximum atomic E-state index is 13.3. The maximum absolute atomic E-state index is 13.3. The van der Waals surface area contributed by atoms with Gasteiger partial charge in [0.1, 0.15) is 17.1 Å². The van der Waals surface area contributed by atoms with Crippen LogP contribution in [0.1, 0.15) is 12.0 Å². The number of methoxy groups -OCH3 is 1. The van der Waals surface area contributed by atoms with Crippen LogP contribution in [-0.2, 0) is 9.53 Å². The highest BCUT2D eigenvalue weighted by Gasteiger charge is 2.22. The van der Waals surface area contributed by atoms with Crippen molar-refractivity contribution in [3.8, 4) is 5.75 Å². The molecule has 6 nitrogen and oxygen atoms in total. The number of carbonyl (C=O) groups excluding carboxylic acids is 1. The number of hydrogen-bond acceptors (Lipinski definition) is 7. The van der Waals surface area contributed by atoms with E-state index in [4.69, 9.17) is 14.5 Å². The number of thiazole rings is 1. The molecule has 0 bridgehead atoms. The van der Waals surface area contributed by atoms with E-state index in [2.05, 4.69) is 4.90 Å². The summed E-state index contributed by atoms with van der Waals surface area (Å²) in [5.74, 6) is 0.672. The van der Waals surface area contributed by atoms with E-state index in [9.17, 15) is 9.18 Å². The minimum absolute atomic E-state index is 0.0121. The highest BCUT2D eigenvalue weighted by molar-refractivity contribution is 8.00. The Morgan fingerprint density at radius 3 is 2.73 bits per heavy atom. The molecular formula is C24H28FN3O3S2. The number of aryl methyl sites for hydroxylation is 1. The van der Waals surface area contributed by atoms with Gasteiger partial charge in [0.15, 0.2) is 5.13 Å². The molecule has 33 heavy (non-hydrogen) atoms. The molecule has 0 unspecified atom stereocenters. The quantitative estimate of drug-likeness (QED) is 0.410. The van der Waals surface area contributed by atoms with E-state index in [1.54, 1.807) is 24.1 Å². The van der Waals surface area contributed by atoms with Crippen molar-refractivity contribution in [2.75, 3.05) is 57.2 Å². The molecule has 1 aliphatic heterocycles. The van der Waals surface area contributed by atoms with Gasteiger partial charge >= 0.3 is 0 Å². The highest BCUT2D eigenvalue weighted by atomic mass is 32.2. The van der Waals surface area contributed by atoms with E-state index in [1.165, 1.54) is 35.2 Å². The number of rotatable bonds is 9. The largest absolute Gasteiger partial charge is 0.494 e. The third-order valence-electron chi connectivity index (χ3n) is 5.58. The summed E-state index contributed by atoms with van der Waals surface area (Å²) in [5.41, 5.74) is 1.89. The Bertz CT molecular complexity index is 1080. The molecule has 1 fully saturated rings. The van der Waals surface area contributed by atoms with Crippen LogP contribution in [0.25, 0.3) is 10.2 Å². The number of halogens is 1. The lowest BCUT2D eigenvalue weighted by Gasteiger charge is -2.27. The first-order chi connectivity index (χ1) is 16.0. The molecule has 1 saturated heterocycles. The normalized spacial score (nSPS) is 14.5. The Morgan fingerprint density at radius 2 is 2.00 bits per heavy atom. The lowest BCUT2D eigenvalue weighted by molar-refractivity contribution is -0.116. The number of morpholine rings is 1. The first-order valence-electron chi connectivity index (χ1n) is 11.0. The monoisotopic (exact) mass is 489 g/mol. The number of nitrogens with zero attached hydrogens (tertiary/aromatic N) is 3. The number of ether oxygens (including phenoxy) is 2. The molecule has 1 amide bonds. The zero-order chi connectivity index (χ0) is 23.2. The van der Waals surface area contributed by atoms with Crippen molar-refractivity contribution in [3.63, 3.8) is 0 Å². The lowest BCUT2D eigenvalue weighted by Crippen LogP contribution is -2.39. The minimum atomic E-state index is -0.283. The zero-order valence-electron chi connectivity index (χ0n) is 18.9. The molecule has 9 heteroatoms. The van der Waals surface area contributed by atoms with E-state index in [0.29, 0.717) is 17.4 Å². The van der Waals surface area contributed by atoms with E-state index in [-0.39, 0.29) is 17.5 Å². The van der Waals surface area contributed by atoms with Crippen molar-refractivity contribution in [1.82, 2.24) is 9.88 Å². The maximum Gasteiger partial charge on any atom is 0.239 e. The fourth-order valence-electron chi connectivity index (χ4n) is 3.74. The number of carbonyl (C=O) groups is 1. The fourth-order valence-corrected chi connectivity index (χ4v) is 5.61. The molecule has 0 aliphatic carbocycles. The van der Waals surface area contributed by atoms with Crippen LogP contribution in [0.2, 0.25) is 0 Å². The highest BCUT2D eigenvalue weighted by Crippen LogP contribution is 2.36. The third kappa shape index (κ3) is 6.03. The third-order valence-corrected chi connectivity index (χ3v) is 7.79. The summed E-state index contributed by atoms with van der Waals surface area (Å²) >= 11 is 2.93. The minimum Gasteiger partial charge on any atom is -0.494 e. The summed E-state index contributed by atoms with van der Waals surface area (Å²) < 4.78 is 25.2. The van der Waals surface area contributed by atoms with E-state index >= 15 is 0 Å². The average Bonchev–Trinajstić information content (AvgIpc) is 3.28. The van der Waals surface area contributed by atoms with E-state index < -0.39 is 0 Å². The second-order valence-electron chi connectivity index (χ2n) is 7.85. The number of hydrogen-bond donors (Lipinski definition) is 0. The van der Waals surface area contributed by atoms with Crippen molar-refractivity contribution in [1.29, 1.82) is 0 Å². The molecule has 4 rings (SSSR count). The van der Waals surface area contributed by atoms with Gasteiger partial charge in [0, 0.05) is 31.1 Å². The van der Waals surface area contributed by atoms with E-state index in [1.807, 2.05) is 19.1 Å². The van der Waals surface area contributed by atoms with Gasteiger partial charge in [-0.3, -0.25) is 14.6 Å². The lowest BCUT2D eigenvalue weighted by atomic mass is 10.2. The summed E-state index contributed by atoms with van der Waals surface area (Å²) in [7, 11) is 1.63. The van der Waals surface area contributed by atoms with Gasteiger partial charge in [-0.2, -0.15) is 0 Å². The number of benzene rings is 2. The Hall–Kier alpha value is -2.20. The predicted molar refractivity (Wildman–Crippen MR) is 132 cm³/mol. The smallest absolute Gasteiger partial charge is 0.239 e. The number of thioether (sulfide) groups is 1. The molecule has 0 radical (unpaired) electrons. The summed E-state index contributed by atoms with van der Waals surface area (Å²) in [4.78, 5) is 23.1. The molecular weight excluding hydrogens is 461 g/mol. The Balaban J connectivity index is 1.52. The molecule has 1 aromatic heterocycles. The summed E-state index contributed by atoms with van der Waals surface area (Å²) in [5, 5.41) is 0.685. The van der Waals surface area contributed by atoms with Gasteiger partial charge in [-0.15, -0.1) is 11.8 Å². The van der Waals surface area contributed by atoms with Gasteiger partial charge in [-0.05, 0) is 49.2 Å². The van der Waals surface area contributed by atoms with Gasteiger partial charge in [0.2, 0.25) is 5.91 Å². The molecule has 0 saturated carbocycles. The molecule has 2 aromatic carbocycles. The summed E-state index contributed by atoms with van der Waals surface area (Å²) in [6, 6.07) is 10.1. The van der Waals surface area contributed by atoms with Crippen LogP contribution < -0.4 is 9.64 Å². The molecule has 0 spiro atoms. The van der Waals surface area contributed by atoms with Crippen LogP contribution in [0.5, 0.6) is 5.75 Å². The number of amides is 1. The topological polar surface area (TPSA) is 54.9 Å². The second-order valence-corrected chi connectivity index (χ2v) is 9.88. The van der Waals surface area contributed by atoms with Crippen LogP contribution in [-0.4, -0.2) is 68.0 Å². The Kier molecular flexibility index (Phi) is 8.19. The van der Waals surface area contributed by atoms with Crippen LogP contribution in [0.4, 0.5) is 9.52 Å². The van der Waals surface area contributed by atoms with Crippen LogP contribution in [0.3, 0.4) is 0 Å². The van der Waals surface area contributed by atoms with Crippen LogP contribution >= 0.6 is 23.1 Å². The average molecular weight is 490 g/mol. The second kappa shape index (κ2) is 11.3. The summed E-state index contributed by atoms with van der Waals surface area (Å²) in [6.45, 7) is 6.89. The van der Waals surface area contributed by atoms with Crippen molar-refractivity contribution >= 4 is 44.4 Å². The number of anilines is 1. The van der Waals surface area contributed by atoms with Crippen molar-refractivity contribution in [3.05, 3.63) is 47.8 Å². The standard InChI is InChI=1S/C24H28FN3O3S2/c1-17-4-9-20(30-2)22-23(17)33-24(26-22)28(11-3-10-27-12-14-31-15-13-27)21(29)16-32-19-7-5-18(25)6-8-19/h4-9H,3,10-16H2,1-2H3.